The number of nitrogens with zero attached hydrogens (tertiary/aromatic N) is 1. The predicted molar refractivity (Wildman–Crippen MR) is 96.5 cm³/mol. The van der Waals surface area contributed by atoms with Crippen LogP contribution in [-0.4, -0.2) is 18.2 Å². The Morgan fingerprint density at radius 2 is 1.72 bits per heavy atom. The third kappa shape index (κ3) is 5.75. The summed E-state index contributed by atoms with van der Waals surface area (Å²) < 4.78 is 10.9. The average Bonchev–Trinajstić information content (AvgIpc) is 2.55. The molecule has 0 radical (unpaired) electrons. The maximum absolute atomic E-state index is 12.0. The van der Waals surface area contributed by atoms with Crippen molar-refractivity contribution in [1.29, 1.82) is 5.26 Å². The Bertz CT molecular complexity index is 765. The topological polar surface area (TPSA) is 59.3 Å². The second-order valence-corrected chi connectivity index (χ2v) is 6.77. The van der Waals surface area contributed by atoms with E-state index in [0.29, 0.717) is 10.0 Å². The van der Waals surface area contributed by atoms with E-state index < -0.39 is 17.7 Å². The number of rotatable bonds is 6. The lowest BCUT2D eigenvalue weighted by Gasteiger charge is -2.21. The summed E-state index contributed by atoms with van der Waals surface area (Å²) in [6.45, 7) is 2.71. The SMILES string of the molecule is CC(C)(C#N)OC(=O)COC(c1ccccc1)c1cc(Cl)cc(Cl)c1. The Kier molecular flexibility index (Phi) is 6.44. The molecule has 25 heavy (non-hydrogen) atoms. The molecule has 0 heterocycles. The molecular formula is C19H17Cl2NO3. The van der Waals surface area contributed by atoms with Gasteiger partial charge in [0.2, 0.25) is 0 Å². The molecule has 0 N–H and O–H groups in total. The zero-order chi connectivity index (χ0) is 18.4. The van der Waals surface area contributed by atoms with Crippen molar-refractivity contribution in [2.45, 2.75) is 25.6 Å². The zero-order valence-corrected chi connectivity index (χ0v) is 15.3. The monoisotopic (exact) mass is 377 g/mol. The van der Waals surface area contributed by atoms with Gasteiger partial charge in [0.05, 0.1) is 0 Å². The van der Waals surface area contributed by atoms with Crippen molar-refractivity contribution in [3.63, 3.8) is 0 Å². The normalized spacial score (nSPS) is 12.3. The van der Waals surface area contributed by atoms with E-state index in [4.69, 9.17) is 37.9 Å². The van der Waals surface area contributed by atoms with Crippen molar-refractivity contribution >= 4 is 29.2 Å². The first-order valence-corrected chi connectivity index (χ1v) is 8.32. The van der Waals surface area contributed by atoms with Gasteiger partial charge >= 0.3 is 5.97 Å². The van der Waals surface area contributed by atoms with Gasteiger partial charge in [0, 0.05) is 10.0 Å². The average molecular weight is 378 g/mol. The fourth-order valence-corrected chi connectivity index (χ4v) is 2.77. The van der Waals surface area contributed by atoms with Crippen LogP contribution in [0.1, 0.15) is 31.1 Å². The van der Waals surface area contributed by atoms with Crippen molar-refractivity contribution in [2.75, 3.05) is 6.61 Å². The number of esters is 1. The van der Waals surface area contributed by atoms with Gasteiger partial charge in [-0.3, -0.25) is 0 Å². The molecule has 6 heteroatoms. The van der Waals surface area contributed by atoms with E-state index in [-0.39, 0.29) is 6.61 Å². The quantitative estimate of drug-likeness (QED) is 0.668. The van der Waals surface area contributed by atoms with Gasteiger partial charge < -0.3 is 9.47 Å². The van der Waals surface area contributed by atoms with Crippen molar-refractivity contribution in [1.82, 2.24) is 0 Å². The van der Waals surface area contributed by atoms with Crippen LogP contribution >= 0.6 is 23.2 Å². The van der Waals surface area contributed by atoms with Crippen molar-refractivity contribution in [2.24, 2.45) is 0 Å². The van der Waals surface area contributed by atoms with Crippen LogP contribution in [0.2, 0.25) is 10.0 Å². The third-order valence-electron chi connectivity index (χ3n) is 3.30. The third-order valence-corrected chi connectivity index (χ3v) is 3.73. The number of carbonyl (C=O) groups excluding carboxylic acids is 1. The molecule has 0 saturated heterocycles. The molecule has 0 bridgehead atoms. The molecule has 0 aliphatic carbocycles. The number of hydrogen-bond donors (Lipinski definition) is 0. The molecule has 0 aliphatic heterocycles. The van der Waals surface area contributed by atoms with E-state index in [9.17, 15) is 4.79 Å². The van der Waals surface area contributed by atoms with Crippen LogP contribution in [0.15, 0.2) is 48.5 Å². The molecular weight excluding hydrogens is 361 g/mol. The van der Waals surface area contributed by atoms with Crippen molar-refractivity contribution in [3.8, 4) is 6.07 Å². The molecule has 0 saturated carbocycles. The summed E-state index contributed by atoms with van der Waals surface area (Å²) >= 11 is 12.2. The van der Waals surface area contributed by atoms with Crippen LogP contribution in [0.3, 0.4) is 0 Å². The Labute approximate surface area is 156 Å². The summed E-state index contributed by atoms with van der Waals surface area (Å²) in [6.07, 6.45) is -0.546. The van der Waals surface area contributed by atoms with E-state index in [0.717, 1.165) is 11.1 Å². The summed E-state index contributed by atoms with van der Waals surface area (Å²) in [5.74, 6) is -0.624. The van der Waals surface area contributed by atoms with Crippen molar-refractivity contribution < 1.29 is 14.3 Å². The number of ether oxygens (including phenoxy) is 2. The van der Waals surface area contributed by atoms with Gasteiger partial charge in [-0.15, -0.1) is 0 Å². The highest BCUT2D eigenvalue weighted by molar-refractivity contribution is 6.34. The second kappa shape index (κ2) is 8.35. The summed E-state index contributed by atoms with van der Waals surface area (Å²) in [5.41, 5.74) is 0.353. The van der Waals surface area contributed by atoms with Gasteiger partial charge in [-0.1, -0.05) is 53.5 Å². The minimum atomic E-state index is -1.21. The van der Waals surface area contributed by atoms with E-state index >= 15 is 0 Å². The smallest absolute Gasteiger partial charge is 0.333 e. The summed E-state index contributed by atoms with van der Waals surface area (Å²) in [5, 5.41) is 9.88. The molecule has 0 aromatic heterocycles. The highest BCUT2D eigenvalue weighted by Gasteiger charge is 2.24. The number of nitriles is 1. The van der Waals surface area contributed by atoms with Crippen LogP contribution in [-0.2, 0) is 14.3 Å². The molecule has 0 spiro atoms. The zero-order valence-electron chi connectivity index (χ0n) is 13.8. The van der Waals surface area contributed by atoms with Gasteiger partial charge in [0.1, 0.15) is 18.8 Å². The molecule has 0 fully saturated rings. The largest absolute Gasteiger partial charge is 0.443 e. The first kappa shape index (κ1) is 19.3. The number of benzene rings is 2. The van der Waals surface area contributed by atoms with E-state index in [2.05, 4.69) is 0 Å². The Balaban J connectivity index is 2.22. The number of hydrogen-bond acceptors (Lipinski definition) is 4. The van der Waals surface area contributed by atoms with E-state index in [1.807, 2.05) is 36.4 Å². The van der Waals surface area contributed by atoms with Crippen LogP contribution in [0, 0.1) is 11.3 Å². The molecule has 2 aromatic rings. The van der Waals surface area contributed by atoms with Crippen LogP contribution in [0.4, 0.5) is 0 Å². The lowest BCUT2D eigenvalue weighted by atomic mass is 10.0. The maximum atomic E-state index is 12.0. The summed E-state index contributed by atoms with van der Waals surface area (Å²) in [6, 6.07) is 16.4. The number of halogens is 2. The molecule has 4 nitrogen and oxygen atoms in total. The van der Waals surface area contributed by atoms with E-state index in [1.165, 1.54) is 13.8 Å². The first-order valence-electron chi connectivity index (χ1n) is 7.56. The first-order chi connectivity index (χ1) is 11.8. The summed E-state index contributed by atoms with van der Waals surface area (Å²) in [7, 11) is 0. The fourth-order valence-electron chi connectivity index (χ4n) is 2.23. The lowest BCUT2D eigenvalue weighted by Crippen LogP contribution is -2.28. The maximum Gasteiger partial charge on any atom is 0.333 e. The standard InChI is InChI=1S/C19H17Cl2NO3/c1-19(2,12-22)25-17(23)11-24-18(13-6-4-3-5-7-13)14-8-15(20)10-16(21)9-14/h3-10,18H,11H2,1-2H3. The molecule has 130 valence electrons. The Morgan fingerprint density at radius 3 is 2.28 bits per heavy atom. The molecule has 2 rings (SSSR count). The van der Waals surface area contributed by atoms with Gasteiger partial charge in [-0.05, 0) is 43.2 Å². The molecule has 0 aliphatic rings. The molecule has 1 atom stereocenters. The number of carbonyl (C=O) groups is 1. The fraction of sp³-hybridized carbons (Fsp3) is 0.263. The van der Waals surface area contributed by atoms with Crippen molar-refractivity contribution in [3.05, 3.63) is 69.7 Å². The van der Waals surface area contributed by atoms with Gasteiger partial charge in [-0.25, -0.2) is 4.79 Å². The van der Waals surface area contributed by atoms with Crippen LogP contribution in [0.5, 0.6) is 0 Å². The Hall–Kier alpha value is -2.06. The highest BCUT2D eigenvalue weighted by atomic mass is 35.5. The van der Waals surface area contributed by atoms with Crippen LogP contribution < -0.4 is 0 Å². The van der Waals surface area contributed by atoms with E-state index in [1.54, 1.807) is 18.2 Å². The predicted octanol–water partition coefficient (Wildman–Crippen LogP) is 4.94. The molecule has 2 aromatic carbocycles. The summed E-state index contributed by atoms with van der Waals surface area (Å²) in [4.78, 5) is 12.0. The molecule has 0 amide bonds. The van der Waals surface area contributed by atoms with Gasteiger partial charge in [-0.2, -0.15) is 5.26 Å². The second-order valence-electron chi connectivity index (χ2n) is 5.90. The van der Waals surface area contributed by atoms with Gasteiger partial charge in [0.25, 0.3) is 0 Å². The lowest BCUT2D eigenvalue weighted by molar-refractivity contribution is -0.158. The molecule has 1 unspecified atom stereocenters. The minimum absolute atomic E-state index is 0.311. The van der Waals surface area contributed by atoms with Gasteiger partial charge in [0.15, 0.2) is 5.60 Å². The minimum Gasteiger partial charge on any atom is -0.443 e. The van der Waals surface area contributed by atoms with Crippen LogP contribution in [0.25, 0.3) is 0 Å². The highest BCUT2D eigenvalue weighted by Crippen LogP contribution is 2.30. The Morgan fingerprint density at radius 1 is 1.12 bits per heavy atom.